The molecule has 0 N–H and O–H groups in total. The summed E-state index contributed by atoms with van der Waals surface area (Å²) in [6.07, 6.45) is 0. The van der Waals surface area contributed by atoms with E-state index in [1.54, 1.807) is 0 Å². The van der Waals surface area contributed by atoms with E-state index in [0.717, 1.165) is 22.3 Å². The molecule has 1 heterocycles. The van der Waals surface area contributed by atoms with Crippen LogP contribution < -0.4 is 0 Å². The van der Waals surface area contributed by atoms with Crippen molar-refractivity contribution in [1.29, 1.82) is 0 Å². The lowest BCUT2D eigenvalue weighted by atomic mass is 9.86. The van der Waals surface area contributed by atoms with Gasteiger partial charge in [-0.3, -0.25) is 0 Å². The highest BCUT2D eigenvalue weighted by atomic mass is 15.0. The molecule has 0 atom stereocenters. The molecule has 3 heteroatoms. The smallest absolute Gasteiger partial charge is 0.164 e. The van der Waals surface area contributed by atoms with Gasteiger partial charge < -0.3 is 0 Å². The fourth-order valence-electron chi connectivity index (χ4n) is 7.68. The van der Waals surface area contributed by atoms with Crippen LogP contribution in [0.5, 0.6) is 0 Å². The zero-order chi connectivity index (χ0) is 35.8. The molecule has 9 aromatic carbocycles. The van der Waals surface area contributed by atoms with E-state index in [-0.39, 0.29) is 0 Å². The molecule has 0 saturated heterocycles. The van der Waals surface area contributed by atoms with Crippen molar-refractivity contribution in [3.05, 3.63) is 200 Å². The molecule has 0 fully saturated rings. The van der Waals surface area contributed by atoms with E-state index in [1.165, 1.54) is 60.1 Å². The van der Waals surface area contributed by atoms with Gasteiger partial charge in [0.05, 0.1) is 0 Å². The normalized spacial score (nSPS) is 11.3. The number of nitrogens with zero attached hydrogens (tertiary/aromatic N) is 3. The number of hydrogen-bond donors (Lipinski definition) is 0. The Labute approximate surface area is 313 Å². The van der Waals surface area contributed by atoms with Gasteiger partial charge in [0.25, 0.3) is 0 Å². The third-order valence-corrected chi connectivity index (χ3v) is 10.3. The lowest BCUT2D eigenvalue weighted by molar-refractivity contribution is 1.07. The summed E-state index contributed by atoms with van der Waals surface area (Å²) in [6, 6.07) is 70.7. The van der Waals surface area contributed by atoms with Crippen molar-refractivity contribution >= 4 is 32.3 Å². The molecule has 3 nitrogen and oxygen atoms in total. The molecule has 0 aliphatic rings. The highest BCUT2D eigenvalue weighted by Gasteiger charge is 2.17. The summed E-state index contributed by atoms with van der Waals surface area (Å²) >= 11 is 0. The first-order valence-electron chi connectivity index (χ1n) is 18.3. The lowest BCUT2D eigenvalue weighted by Crippen LogP contribution is -2.00. The van der Waals surface area contributed by atoms with Crippen LogP contribution in [0.3, 0.4) is 0 Å². The van der Waals surface area contributed by atoms with Crippen molar-refractivity contribution in [2.24, 2.45) is 0 Å². The maximum Gasteiger partial charge on any atom is 0.164 e. The largest absolute Gasteiger partial charge is 0.208 e. The summed E-state index contributed by atoms with van der Waals surface area (Å²) in [6.45, 7) is 0. The molecule has 1 aromatic heterocycles. The predicted molar refractivity (Wildman–Crippen MR) is 225 cm³/mol. The minimum Gasteiger partial charge on any atom is -0.208 e. The first kappa shape index (κ1) is 31.5. The monoisotopic (exact) mass is 687 g/mol. The van der Waals surface area contributed by atoms with Crippen LogP contribution in [0.25, 0.3) is 99.9 Å². The average molecular weight is 688 g/mol. The fraction of sp³-hybridized carbons (Fsp3) is 0. The molecule has 10 rings (SSSR count). The van der Waals surface area contributed by atoms with Crippen molar-refractivity contribution in [3.63, 3.8) is 0 Å². The van der Waals surface area contributed by atoms with E-state index in [0.29, 0.717) is 17.5 Å². The maximum absolute atomic E-state index is 5.06. The third kappa shape index (κ3) is 5.69. The van der Waals surface area contributed by atoms with Crippen molar-refractivity contribution in [3.8, 4) is 67.5 Å². The number of rotatable bonds is 6. The van der Waals surface area contributed by atoms with Gasteiger partial charge in [-0.25, -0.2) is 15.0 Å². The van der Waals surface area contributed by atoms with Gasteiger partial charge in [-0.2, -0.15) is 0 Å². The Kier molecular flexibility index (Phi) is 7.81. The van der Waals surface area contributed by atoms with E-state index >= 15 is 0 Å². The Balaban J connectivity index is 1.20. The Morgan fingerprint density at radius 1 is 0.222 bits per heavy atom. The summed E-state index contributed by atoms with van der Waals surface area (Å²) < 4.78 is 0. The van der Waals surface area contributed by atoms with Crippen LogP contribution in [-0.4, -0.2) is 15.0 Å². The second-order valence-electron chi connectivity index (χ2n) is 13.6. The van der Waals surface area contributed by atoms with Crippen LogP contribution in [-0.2, 0) is 0 Å². The number of hydrogen-bond acceptors (Lipinski definition) is 3. The second-order valence-corrected chi connectivity index (χ2v) is 13.6. The molecule has 54 heavy (non-hydrogen) atoms. The van der Waals surface area contributed by atoms with Crippen molar-refractivity contribution < 1.29 is 0 Å². The molecule has 0 amide bonds. The zero-order valence-corrected chi connectivity index (χ0v) is 29.4. The summed E-state index contributed by atoms with van der Waals surface area (Å²) in [5.41, 5.74) is 9.84. The van der Waals surface area contributed by atoms with E-state index < -0.39 is 0 Å². The van der Waals surface area contributed by atoms with Crippen LogP contribution >= 0.6 is 0 Å². The first-order chi connectivity index (χ1) is 26.8. The quantitative estimate of drug-likeness (QED) is 0.163. The van der Waals surface area contributed by atoms with Gasteiger partial charge in [-0.05, 0) is 83.9 Å². The maximum atomic E-state index is 5.06. The molecule has 0 spiro atoms. The molecule has 0 radical (unpaired) electrons. The summed E-state index contributed by atoms with van der Waals surface area (Å²) in [5.74, 6) is 1.93. The Bertz CT molecular complexity index is 2900. The van der Waals surface area contributed by atoms with Crippen LogP contribution in [0, 0.1) is 0 Å². The molecular weight excluding hydrogens is 655 g/mol. The van der Waals surface area contributed by atoms with Crippen LogP contribution in [0.1, 0.15) is 0 Å². The van der Waals surface area contributed by atoms with Gasteiger partial charge in [-0.15, -0.1) is 0 Å². The van der Waals surface area contributed by atoms with Gasteiger partial charge in [0.2, 0.25) is 0 Å². The molecule has 0 unspecified atom stereocenters. The highest BCUT2D eigenvalue weighted by molar-refractivity contribution is 6.29. The van der Waals surface area contributed by atoms with Gasteiger partial charge in [0.1, 0.15) is 0 Å². The van der Waals surface area contributed by atoms with Gasteiger partial charge >= 0.3 is 0 Å². The lowest BCUT2D eigenvalue weighted by Gasteiger charge is -2.17. The van der Waals surface area contributed by atoms with Crippen molar-refractivity contribution in [2.75, 3.05) is 0 Å². The Morgan fingerprint density at radius 2 is 0.611 bits per heavy atom. The molecule has 10 aromatic rings. The van der Waals surface area contributed by atoms with Crippen LogP contribution in [0.2, 0.25) is 0 Å². The summed E-state index contributed by atoms with van der Waals surface area (Å²) in [4.78, 5) is 15.1. The highest BCUT2D eigenvalue weighted by Crippen LogP contribution is 2.43. The summed E-state index contributed by atoms with van der Waals surface area (Å²) in [5, 5.41) is 7.43. The zero-order valence-electron chi connectivity index (χ0n) is 29.4. The second kappa shape index (κ2) is 13.4. The van der Waals surface area contributed by atoms with E-state index in [9.17, 15) is 0 Å². The molecule has 0 aliphatic heterocycles. The molecule has 0 saturated carbocycles. The van der Waals surface area contributed by atoms with Crippen LogP contribution in [0.15, 0.2) is 200 Å². The van der Waals surface area contributed by atoms with Crippen LogP contribution in [0.4, 0.5) is 0 Å². The molecule has 252 valence electrons. The first-order valence-corrected chi connectivity index (χ1v) is 18.3. The number of benzene rings is 9. The van der Waals surface area contributed by atoms with Crippen molar-refractivity contribution in [1.82, 2.24) is 15.0 Å². The van der Waals surface area contributed by atoms with Gasteiger partial charge in [0.15, 0.2) is 17.5 Å². The van der Waals surface area contributed by atoms with Crippen molar-refractivity contribution in [2.45, 2.75) is 0 Å². The SMILES string of the molecule is c1ccc(-c2ccc(-c3cc(-c4cccc(-c5nc(-c6ccccc6)nc(-c6ccccc6)n5)c4)c4c5ccccc5c5ccccc5c4c3)cc2)cc1. The average Bonchev–Trinajstić information content (AvgIpc) is 3.27. The fourth-order valence-corrected chi connectivity index (χ4v) is 7.68. The molecule has 0 bridgehead atoms. The van der Waals surface area contributed by atoms with E-state index in [1.807, 2.05) is 60.7 Å². The Morgan fingerprint density at radius 3 is 1.19 bits per heavy atom. The van der Waals surface area contributed by atoms with E-state index in [2.05, 4.69) is 140 Å². The minimum atomic E-state index is 0.636. The molecular formula is C51H33N3. The summed E-state index contributed by atoms with van der Waals surface area (Å²) in [7, 11) is 0. The topological polar surface area (TPSA) is 38.7 Å². The third-order valence-electron chi connectivity index (χ3n) is 10.3. The predicted octanol–water partition coefficient (Wildman–Crippen LogP) is 13.3. The number of aromatic nitrogens is 3. The standard InChI is InChI=1S/C51H33N3/c1-4-15-34(16-5-1)35-27-29-36(30-28-35)41-32-46(48-45-26-13-12-24-43(45)42-23-10-11-25-44(42)47(48)33-41)39-21-14-22-40(31-39)51-53-49(37-17-6-2-7-18-37)52-50(54-51)38-19-8-3-9-20-38/h1-33H. The Hall–Kier alpha value is -7.23. The minimum absolute atomic E-state index is 0.636. The van der Waals surface area contributed by atoms with Gasteiger partial charge in [0, 0.05) is 16.7 Å². The molecule has 0 aliphatic carbocycles. The number of fused-ring (bicyclic) bond motifs is 6. The van der Waals surface area contributed by atoms with Gasteiger partial charge in [-0.1, -0.05) is 182 Å². The van der Waals surface area contributed by atoms with E-state index in [4.69, 9.17) is 15.0 Å².